The number of hydrogen-bond acceptors (Lipinski definition) is 2. The van der Waals surface area contributed by atoms with Gasteiger partial charge in [0.1, 0.15) is 5.82 Å². The number of rotatable bonds is 2. The highest BCUT2D eigenvalue weighted by atomic mass is 15.0. The number of aromatic nitrogens is 2. The number of nitrogens with zero attached hydrogens (tertiary/aromatic N) is 1. The highest BCUT2D eigenvalue weighted by Crippen LogP contribution is 2.41. The molecule has 1 aromatic carbocycles. The minimum atomic E-state index is -0.174. The van der Waals surface area contributed by atoms with Gasteiger partial charge in [-0.15, -0.1) is 0 Å². The molecule has 3 N–H and O–H groups in total. The summed E-state index contributed by atoms with van der Waals surface area (Å²) in [6.07, 6.45) is 3.93. The van der Waals surface area contributed by atoms with Gasteiger partial charge in [0.05, 0.1) is 17.4 Å². The Balaban J connectivity index is 1.97. The van der Waals surface area contributed by atoms with Crippen LogP contribution in [-0.2, 0) is 5.54 Å². The zero-order valence-electron chi connectivity index (χ0n) is 8.40. The second kappa shape index (κ2) is 2.94. The van der Waals surface area contributed by atoms with Crippen LogP contribution in [0.25, 0.3) is 11.3 Å². The van der Waals surface area contributed by atoms with Crippen LogP contribution in [-0.4, -0.2) is 9.97 Å². The smallest absolute Gasteiger partial charge is 0.126 e. The monoisotopic (exact) mass is 199 g/mol. The Labute approximate surface area is 88.3 Å². The van der Waals surface area contributed by atoms with E-state index in [1.54, 1.807) is 0 Å². The van der Waals surface area contributed by atoms with Gasteiger partial charge in [-0.3, -0.25) is 0 Å². The molecule has 3 heteroatoms. The first-order valence-corrected chi connectivity index (χ1v) is 5.18. The van der Waals surface area contributed by atoms with Crippen molar-refractivity contribution in [1.82, 2.24) is 9.97 Å². The molecule has 76 valence electrons. The van der Waals surface area contributed by atoms with E-state index >= 15 is 0 Å². The quantitative estimate of drug-likeness (QED) is 0.777. The van der Waals surface area contributed by atoms with E-state index < -0.39 is 0 Å². The Bertz CT molecular complexity index is 469. The van der Waals surface area contributed by atoms with E-state index in [1.807, 2.05) is 24.4 Å². The lowest BCUT2D eigenvalue weighted by Gasteiger charge is -2.02. The summed E-state index contributed by atoms with van der Waals surface area (Å²) < 4.78 is 0. The summed E-state index contributed by atoms with van der Waals surface area (Å²) in [7, 11) is 0. The minimum Gasteiger partial charge on any atom is -0.340 e. The van der Waals surface area contributed by atoms with Gasteiger partial charge in [0.25, 0.3) is 0 Å². The average Bonchev–Trinajstić information content (AvgIpc) is 2.85. The van der Waals surface area contributed by atoms with Gasteiger partial charge in [-0.25, -0.2) is 4.98 Å². The molecule has 0 bridgehead atoms. The molecule has 0 aliphatic heterocycles. The molecular formula is C12H13N3. The SMILES string of the molecule is NC1(c2ncc(-c3ccccc3)[nH]2)CC1. The van der Waals surface area contributed by atoms with Crippen molar-refractivity contribution in [3.8, 4) is 11.3 Å². The molecular weight excluding hydrogens is 186 g/mol. The largest absolute Gasteiger partial charge is 0.340 e. The number of H-pyrrole nitrogens is 1. The van der Waals surface area contributed by atoms with Crippen LogP contribution >= 0.6 is 0 Å². The van der Waals surface area contributed by atoms with Crippen LogP contribution in [0.5, 0.6) is 0 Å². The molecule has 0 atom stereocenters. The molecule has 1 aliphatic rings. The van der Waals surface area contributed by atoms with Crippen molar-refractivity contribution in [3.05, 3.63) is 42.4 Å². The second-order valence-corrected chi connectivity index (χ2v) is 4.17. The summed E-state index contributed by atoms with van der Waals surface area (Å²) in [4.78, 5) is 7.64. The molecule has 1 saturated carbocycles. The van der Waals surface area contributed by atoms with Crippen molar-refractivity contribution in [2.24, 2.45) is 5.73 Å². The van der Waals surface area contributed by atoms with Gasteiger partial charge in [0.2, 0.25) is 0 Å². The zero-order chi connectivity index (χ0) is 10.3. The molecule has 0 spiro atoms. The molecule has 0 amide bonds. The van der Waals surface area contributed by atoms with E-state index in [-0.39, 0.29) is 5.54 Å². The maximum Gasteiger partial charge on any atom is 0.126 e. The number of benzene rings is 1. The van der Waals surface area contributed by atoms with Crippen LogP contribution in [0.2, 0.25) is 0 Å². The van der Waals surface area contributed by atoms with E-state index in [2.05, 4.69) is 22.1 Å². The van der Waals surface area contributed by atoms with Gasteiger partial charge < -0.3 is 10.7 Å². The van der Waals surface area contributed by atoms with Crippen LogP contribution in [0.15, 0.2) is 36.5 Å². The van der Waals surface area contributed by atoms with Gasteiger partial charge in [0, 0.05) is 0 Å². The summed E-state index contributed by atoms with van der Waals surface area (Å²) >= 11 is 0. The number of aromatic amines is 1. The predicted octanol–water partition coefficient (Wildman–Crippen LogP) is 2.02. The zero-order valence-corrected chi connectivity index (χ0v) is 8.40. The van der Waals surface area contributed by atoms with Crippen LogP contribution < -0.4 is 5.73 Å². The number of imidazole rings is 1. The van der Waals surface area contributed by atoms with Crippen LogP contribution in [0.4, 0.5) is 0 Å². The van der Waals surface area contributed by atoms with Crippen molar-refractivity contribution in [1.29, 1.82) is 0 Å². The van der Waals surface area contributed by atoms with Crippen LogP contribution in [0, 0.1) is 0 Å². The molecule has 1 fully saturated rings. The number of nitrogens with one attached hydrogen (secondary N) is 1. The molecule has 3 nitrogen and oxygen atoms in total. The van der Waals surface area contributed by atoms with Crippen LogP contribution in [0.1, 0.15) is 18.7 Å². The van der Waals surface area contributed by atoms with Crippen molar-refractivity contribution >= 4 is 0 Å². The predicted molar refractivity (Wildman–Crippen MR) is 59.1 cm³/mol. The lowest BCUT2D eigenvalue weighted by atomic mass is 10.2. The molecule has 15 heavy (non-hydrogen) atoms. The third-order valence-electron chi connectivity index (χ3n) is 2.92. The standard InChI is InChI=1S/C12H13N3/c13-12(6-7-12)11-14-8-10(15-11)9-4-2-1-3-5-9/h1-5,8H,6-7,13H2,(H,14,15). The first kappa shape index (κ1) is 8.68. The third-order valence-corrected chi connectivity index (χ3v) is 2.92. The average molecular weight is 199 g/mol. The van der Waals surface area contributed by atoms with Gasteiger partial charge in [-0.2, -0.15) is 0 Å². The summed E-state index contributed by atoms with van der Waals surface area (Å²) in [6, 6.07) is 10.2. The van der Waals surface area contributed by atoms with Crippen LogP contribution in [0.3, 0.4) is 0 Å². The lowest BCUT2D eigenvalue weighted by Crippen LogP contribution is -2.20. The second-order valence-electron chi connectivity index (χ2n) is 4.17. The first-order valence-electron chi connectivity index (χ1n) is 5.18. The highest BCUT2D eigenvalue weighted by molar-refractivity contribution is 5.58. The molecule has 0 saturated heterocycles. The van der Waals surface area contributed by atoms with E-state index in [9.17, 15) is 0 Å². The lowest BCUT2D eigenvalue weighted by molar-refractivity contribution is 0.685. The van der Waals surface area contributed by atoms with Crippen molar-refractivity contribution < 1.29 is 0 Å². The Hall–Kier alpha value is -1.61. The Morgan fingerprint density at radius 1 is 1.20 bits per heavy atom. The molecule has 2 aromatic rings. The number of nitrogens with two attached hydrogens (primary N) is 1. The van der Waals surface area contributed by atoms with E-state index in [4.69, 9.17) is 5.73 Å². The van der Waals surface area contributed by atoms with Crippen molar-refractivity contribution in [2.75, 3.05) is 0 Å². The summed E-state index contributed by atoms with van der Waals surface area (Å²) in [5.74, 6) is 0.918. The molecule has 1 aliphatic carbocycles. The summed E-state index contributed by atoms with van der Waals surface area (Å²) in [5.41, 5.74) is 8.09. The molecule has 1 heterocycles. The van der Waals surface area contributed by atoms with Gasteiger partial charge in [-0.05, 0) is 18.4 Å². The van der Waals surface area contributed by atoms with Crippen molar-refractivity contribution in [2.45, 2.75) is 18.4 Å². The van der Waals surface area contributed by atoms with Crippen molar-refractivity contribution in [3.63, 3.8) is 0 Å². The Kier molecular flexibility index (Phi) is 1.70. The first-order chi connectivity index (χ1) is 7.28. The molecule has 3 rings (SSSR count). The van der Waals surface area contributed by atoms with E-state index in [0.29, 0.717) is 0 Å². The summed E-state index contributed by atoms with van der Waals surface area (Å²) in [6.45, 7) is 0. The minimum absolute atomic E-state index is 0.174. The summed E-state index contributed by atoms with van der Waals surface area (Å²) in [5, 5.41) is 0. The maximum absolute atomic E-state index is 6.07. The fourth-order valence-electron chi connectivity index (χ4n) is 1.71. The Morgan fingerprint density at radius 3 is 2.60 bits per heavy atom. The normalized spacial score (nSPS) is 17.7. The molecule has 0 radical (unpaired) electrons. The Morgan fingerprint density at radius 2 is 1.93 bits per heavy atom. The van der Waals surface area contributed by atoms with E-state index in [1.165, 1.54) is 0 Å². The van der Waals surface area contributed by atoms with Gasteiger partial charge in [0.15, 0.2) is 0 Å². The molecule has 0 unspecified atom stereocenters. The number of hydrogen-bond donors (Lipinski definition) is 2. The topological polar surface area (TPSA) is 54.7 Å². The fourth-order valence-corrected chi connectivity index (χ4v) is 1.71. The van der Waals surface area contributed by atoms with Gasteiger partial charge >= 0.3 is 0 Å². The fraction of sp³-hybridized carbons (Fsp3) is 0.250. The van der Waals surface area contributed by atoms with Gasteiger partial charge in [-0.1, -0.05) is 30.3 Å². The van der Waals surface area contributed by atoms with E-state index in [0.717, 1.165) is 29.9 Å². The highest BCUT2D eigenvalue weighted by Gasteiger charge is 2.42. The maximum atomic E-state index is 6.07. The third kappa shape index (κ3) is 1.45. The molecule has 1 aromatic heterocycles.